The highest BCUT2D eigenvalue weighted by Gasteiger charge is 2.32. The highest BCUT2D eigenvalue weighted by Crippen LogP contribution is 2.27. The summed E-state index contributed by atoms with van der Waals surface area (Å²) in [6.07, 6.45) is 1.74. The zero-order chi connectivity index (χ0) is 28.4. The van der Waals surface area contributed by atoms with Crippen LogP contribution in [0.1, 0.15) is 32.3 Å². The van der Waals surface area contributed by atoms with Crippen LogP contribution < -0.4 is 14.4 Å². The number of hydrogen-bond donors (Lipinski definition) is 1. The molecule has 0 heterocycles. The van der Waals surface area contributed by atoms with E-state index in [-0.39, 0.29) is 23.0 Å². The molecule has 0 aliphatic heterocycles. The topological polar surface area (TPSA) is 96.0 Å². The van der Waals surface area contributed by atoms with E-state index in [0.717, 1.165) is 27.2 Å². The number of carbonyl (C=O) groups is 2. The number of nitrogens with zero attached hydrogens (tertiary/aromatic N) is 2. The number of sulfonamides is 1. The van der Waals surface area contributed by atoms with E-state index >= 15 is 0 Å². The molecule has 0 spiro atoms. The number of anilines is 1. The van der Waals surface area contributed by atoms with Gasteiger partial charge in [0, 0.05) is 23.6 Å². The molecule has 0 saturated carbocycles. The Morgan fingerprint density at radius 2 is 1.72 bits per heavy atom. The van der Waals surface area contributed by atoms with E-state index in [1.807, 2.05) is 31.2 Å². The fourth-order valence-corrected chi connectivity index (χ4v) is 5.84. The van der Waals surface area contributed by atoms with Crippen molar-refractivity contribution in [1.29, 1.82) is 0 Å². The monoisotopic (exact) mass is 615 g/mol. The normalized spacial score (nSPS) is 11.9. The number of benzene rings is 3. The zero-order valence-corrected chi connectivity index (χ0v) is 24.7. The number of halogens is 1. The summed E-state index contributed by atoms with van der Waals surface area (Å²) in [5, 5.41) is 2.88. The van der Waals surface area contributed by atoms with Gasteiger partial charge in [0.1, 0.15) is 18.3 Å². The molecule has 3 aromatic rings. The second-order valence-electron chi connectivity index (χ2n) is 9.00. The van der Waals surface area contributed by atoms with E-state index in [1.54, 1.807) is 49.4 Å². The average Bonchev–Trinajstić information content (AvgIpc) is 2.94. The van der Waals surface area contributed by atoms with E-state index in [4.69, 9.17) is 4.74 Å². The van der Waals surface area contributed by atoms with Crippen molar-refractivity contribution >= 4 is 43.5 Å². The van der Waals surface area contributed by atoms with E-state index in [1.165, 1.54) is 24.1 Å². The molecule has 0 unspecified atom stereocenters. The van der Waals surface area contributed by atoms with E-state index in [0.29, 0.717) is 12.3 Å². The Balaban J connectivity index is 2.01. The molecule has 0 aromatic heterocycles. The summed E-state index contributed by atoms with van der Waals surface area (Å²) in [7, 11) is -2.64. The molecule has 3 rings (SSSR count). The Morgan fingerprint density at radius 1 is 1.00 bits per heavy atom. The molecule has 0 fully saturated rings. The summed E-state index contributed by atoms with van der Waals surface area (Å²) < 4.78 is 34.8. The quantitative estimate of drug-likeness (QED) is 0.273. The van der Waals surface area contributed by atoms with Gasteiger partial charge < -0.3 is 15.0 Å². The van der Waals surface area contributed by atoms with Crippen LogP contribution in [0.25, 0.3) is 0 Å². The molecule has 0 aliphatic rings. The Morgan fingerprint density at radius 3 is 2.38 bits per heavy atom. The van der Waals surface area contributed by atoms with Gasteiger partial charge in [0.15, 0.2) is 0 Å². The summed E-state index contributed by atoms with van der Waals surface area (Å²) in [6.45, 7) is 3.79. The van der Waals surface area contributed by atoms with E-state index in [9.17, 15) is 18.0 Å². The van der Waals surface area contributed by atoms with Crippen LogP contribution in [0.2, 0.25) is 0 Å². The van der Waals surface area contributed by atoms with Crippen LogP contribution in [0.3, 0.4) is 0 Å². The summed E-state index contributed by atoms with van der Waals surface area (Å²) >= 11 is 3.45. The lowest BCUT2D eigenvalue weighted by molar-refractivity contribution is -0.139. The summed E-state index contributed by atoms with van der Waals surface area (Å²) in [5.41, 5.74) is 1.07. The molecule has 10 heteroatoms. The Labute approximate surface area is 239 Å². The second-order valence-corrected chi connectivity index (χ2v) is 11.8. The maximum Gasteiger partial charge on any atom is 0.264 e. The van der Waals surface area contributed by atoms with Gasteiger partial charge in [-0.15, -0.1) is 0 Å². The Hall–Kier alpha value is -3.37. The molecule has 0 saturated heterocycles. The summed E-state index contributed by atoms with van der Waals surface area (Å²) in [5.74, 6) is -0.371. The van der Waals surface area contributed by atoms with Gasteiger partial charge in [0.25, 0.3) is 10.0 Å². The fraction of sp³-hybridized carbons (Fsp3) is 0.310. The molecule has 0 aliphatic carbocycles. The number of rotatable bonds is 13. The minimum atomic E-state index is -4.13. The lowest BCUT2D eigenvalue weighted by Crippen LogP contribution is -2.51. The summed E-state index contributed by atoms with van der Waals surface area (Å²) in [6, 6.07) is 21.1. The van der Waals surface area contributed by atoms with Crippen LogP contribution in [-0.4, -0.2) is 51.4 Å². The van der Waals surface area contributed by atoms with Gasteiger partial charge in [-0.05, 0) is 55.3 Å². The minimum absolute atomic E-state index is 0.0458. The lowest BCUT2D eigenvalue weighted by Gasteiger charge is -2.32. The van der Waals surface area contributed by atoms with Crippen molar-refractivity contribution in [3.8, 4) is 5.75 Å². The SMILES string of the molecule is CCCCNC(=O)[C@@H](C)N(Cc1cccc(Br)c1)C(=O)CN(c1cccc(OC)c1)S(=O)(=O)c1ccccc1. The van der Waals surface area contributed by atoms with Crippen molar-refractivity contribution in [2.75, 3.05) is 24.5 Å². The number of methoxy groups -OCH3 is 1. The molecule has 208 valence electrons. The van der Waals surface area contributed by atoms with Gasteiger partial charge in [-0.1, -0.05) is 65.7 Å². The van der Waals surface area contributed by atoms with Gasteiger partial charge in [-0.25, -0.2) is 8.42 Å². The molecule has 0 bridgehead atoms. The first-order chi connectivity index (χ1) is 18.7. The fourth-order valence-electron chi connectivity index (χ4n) is 3.96. The van der Waals surface area contributed by atoms with Crippen LogP contribution >= 0.6 is 15.9 Å². The smallest absolute Gasteiger partial charge is 0.264 e. The molecule has 39 heavy (non-hydrogen) atoms. The maximum atomic E-state index is 13.9. The predicted octanol–water partition coefficient (Wildman–Crippen LogP) is 4.99. The average molecular weight is 617 g/mol. The highest BCUT2D eigenvalue weighted by molar-refractivity contribution is 9.10. The number of carbonyl (C=O) groups excluding carboxylic acids is 2. The van der Waals surface area contributed by atoms with Crippen molar-refractivity contribution in [1.82, 2.24) is 10.2 Å². The standard InChI is InChI=1S/C29H34BrN3O5S/c1-4-5-17-31-29(35)22(2)32(20-23-11-9-12-24(30)18-23)28(34)21-33(25-13-10-14-26(19-25)38-3)39(36,37)27-15-7-6-8-16-27/h6-16,18-19,22H,4-5,17,20-21H2,1-3H3,(H,31,35)/t22-/m1/s1. The first-order valence-electron chi connectivity index (χ1n) is 12.7. The van der Waals surface area contributed by atoms with E-state index < -0.39 is 28.5 Å². The van der Waals surface area contributed by atoms with Crippen LogP contribution in [0, 0.1) is 0 Å². The first kappa shape index (κ1) is 30.2. The van der Waals surface area contributed by atoms with Crippen molar-refractivity contribution in [3.05, 3.63) is 88.9 Å². The number of ether oxygens (including phenoxy) is 1. The third-order valence-electron chi connectivity index (χ3n) is 6.19. The van der Waals surface area contributed by atoms with Crippen molar-refractivity contribution in [2.45, 2.75) is 44.2 Å². The van der Waals surface area contributed by atoms with Crippen molar-refractivity contribution in [2.24, 2.45) is 0 Å². The van der Waals surface area contributed by atoms with Crippen LogP contribution in [-0.2, 0) is 26.2 Å². The van der Waals surface area contributed by atoms with Crippen molar-refractivity contribution < 1.29 is 22.7 Å². The molecule has 1 atom stereocenters. The van der Waals surface area contributed by atoms with E-state index in [2.05, 4.69) is 21.2 Å². The number of amides is 2. The van der Waals surface area contributed by atoms with Gasteiger partial charge in [-0.3, -0.25) is 13.9 Å². The molecular weight excluding hydrogens is 582 g/mol. The number of nitrogens with one attached hydrogen (secondary N) is 1. The van der Waals surface area contributed by atoms with Gasteiger partial charge in [-0.2, -0.15) is 0 Å². The molecule has 2 amide bonds. The highest BCUT2D eigenvalue weighted by atomic mass is 79.9. The van der Waals surface area contributed by atoms with Gasteiger partial charge in [0.05, 0.1) is 17.7 Å². The Kier molecular flexibility index (Phi) is 10.9. The third-order valence-corrected chi connectivity index (χ3v) is 8.47. The zero-order valence-electron chi connectivity index (χ0n) is 22.3. The second kappa shape index (κ2) is 14.1. The predicted molar refractivity (Wildman–Crippen MR) is 156 cm³/mol. The molecule has 0 radical (unpaired) electrons. The maximum absolute atomic E-state index is 13.9. The van der Waals surface area contributed by atoms with Crippen LogP contribution in [0.5, 0.6) is 5.75 Å². The van der Waals surface area contributed by atoms with Crippen molar-refractivity contribution in [3.63, 3.8) is 0 Å². The van der Waals surface area contributed by atoms with Crippen LogP contribution in [0.4, 0.5) is 5.69 Å². The van der Waals surface area contributed by atoms with Gasteiger partial charge >= 0.3 is 0 Å². The molecule has 3 aromatic carbocycles. The van der Waals surface area contributed by atoms with Crippen LogP contribution in [0.15, 0.2) is 88.2 Å². The number of unbranched alkanes of at least 4 members (excludes halogenated alkanes) is 1. The molecule has 8 nitrogen and oxygen atoms in total. The first-order valence-corrected chi connectivity index (χ1v) is 14.9. The summed E-state index contributed by atoms with van der Waals surface area (Å²) in [4.78, 5) is 28.4. The third kappa shape index (κ3) is 8.06. The van der Waals surface area contributed by atoms with Gasteiger partial charge in [0.2, 0.25) is 11.8 Å². The molecule has 1 N–H and O–H groups in total. The lowest BCUT2D eigenvalue weighted by atomic mass is 10.1. The Bertz CT molecular complexity index is 1370. The number of hydrogen-bond acceptors (Lipinski definition) is 5. The molecular formula is C29H34BrN3O5S. The minimum Gasteiger partial charge on any atom is -0.497 e. The largest absolute Gasteiger partial charge is 0.497 e.